The van der Waals surface area contributed by atoms with E-state index >= 15 is 0 Å². The van der Waals surface area contributed by atoms with Gasteiger partial charge in [-0.25, -0.2) is 4.99 Å². The topological polar surface area (TPSA) is 85.5 Å². The molecule has 0 bridgehead atoms. The van der Waals surface area contributed by atoms with Gasteiger partial charge in [0.1, 0.15) is 23.2 Å². The van der Waals surface area contributed by atoms with Crippen molar-refractivity contribution in [3.63, 3.8) is 0 Å². The maximum absolute atomic E-state index is 6.55. The van der Waals surface area contributed by atoms with Crippen LogP contribution in [0.15, 0.2) is 215 Å². The summed E-state index contributed by atoms with van der Waals surface area (Å²) in [5.41, 5.74) is 14.4. The summed E-state index contributed by atoms with van der Waals surface area (Å²) in [7, 11) is 0. The lowest BCUT2D eigenvalue weighted by molar-refractivity contribution is 0.668. The number of amidine groups is 1. The first kappa shape index (κ1) is 35.2. The summed E-state index contributed by atoms with van der Waals surface area (Å²) in [6.07, 6.45) is 5.33. The van der Waals surface area contributed by atoms with Crippen LogP contribution >= 0.6 is 0 Å². The normalized spacial score (nSPS) is 14.2. The summed E-state index contributed by atoms with van der Waals surface area (Å²) in [5, 5.41) is 8.93. The van der Waals surface area contributed by atoms with Crippen molar-refractivity contribution in [2.45, 2.75) is 6.17 Å². The molecule has 0 spiro atoms. The lowest BCUT2D eigenvalue weighted by atomic mass is 9.96. The monoisotopic (exact) mass is 809 g/mol. The van der Waals surface area contributed by atoms with E-state index in [1.54, 1.807) is 0 Å². The van der Waals surface area contributed by atoms with Crippen molar-refractivity contribution in [2.24, 2.45) is 9.98 Å². The minimum Gasteiger partial charge on any atom is -0.456 e. The Labute approximate surface area is 360 Å². The van der Waals surface area contributed by atoms with Gasteiger partial charge in [-0.1, -0.05) is 109 Å². The van der Waals surface area contributed by atoms with Crippen molar-refractivity contribution in [2.75, 3.05) is 0 Å². The highest BCUT2D eigenvalue weighted by molar-refractivity contribution is 6.18. The zero-order valence-electron chi connectivity index (χ0n) is 33.7. The van der Waals surface area contributed by atoms with Crippen molar-refractivity contribution in [3.05, 3.63) is 212 Å². The Hall–Kier alpha value is -8.62. The Morgan fingerprint density at radius 1 is 0.492 bits per heavy atom. The Bertz CT molecular complexity index is 3830. The molecule has 0 saturated heterocycles. The second kappa shape index (κ2) is 14.0. The van der Waals surface area contributed by atoms with Gasteiger partial charge in [0.25, 0.3) is 0 Å². The van der Waals surface area contributed by atoms with E-state index in [2.05, 4.69) is 147 Å². The molecule has 0 radical (unpaired) electrons. The second-order valence-electron chi connectivity index (χ2n) is 15.9. The molecule has 296 valence electrons. The zero-order valence-corrected chi connectivity index (χ0v) is 33.7. The first-order chi connectivity index (χ1) is 31.2. The lowest BCUT2D eigenvalue weighted by Gasteiger charge is -2.24. The van der Waals surface area contributed by atoms with Gasteiger partial charge < -0.3 is 14.3 Å². The van der Waals surface area contributed by atoms with Gasteiger partial charge in [-0.05, 0) is 101 Å². The fourth-order valence-electron chi connectivity index (χ4n) is 9.45. The van der Waals surface area contributed by atoms with Crippen molar-refractivity contribution in [1.29, 1.82) is 0 Å². The lowest BCUT2D eigenvalue weighted by Crippen LogP contribution is -2.35. The number of hydrogen-bond donors (Lipinski definition) is 1. The number of fused-ring (bicyclic) bond motifs is 9. The van der Waals surface area contributed by atoms with Crippen LogP contribution in [0.4, 0.5) is 0 Å². The van der Waals surface area contributed by atoms with Crippen LogP contribution in [-0.2, 0) is 0 Å². The molecule has 12 aromatic rings. The van der Waals surface area contributed by atoms with E-state index in [0.717, 1.165) is 111 Å². The molecule has 7 aromatic carbocycles. The summed E-state index contributed by atoms with van der Waals surface area (Å²) in [6, 6.07) is 63.4. The largest absolute Gasteiger partial charge is 0.456 e. The molecular formula is C55H35N7O. The van der Waals surface area contributed by atoms with Crippen molar-refractivity contribution in [1.82, 2.24) is 24.4 Å². The van der Waals surface area contributed by atoms with Gasteiger partial charge in [0, 0.05) is 56.8 Å². The van der Waals surface area contributed by atoms with Crippen molar-refractivity contribution >= 4 is 77.5 Å². The van der Waals surface area contributed by atoms with E-state index in [1.807, 2.05) is 73.2 Å². The number of hydrogen-bond acceptors (Lipinski definition) is 6. The molecule has 1 atom stereocenters. The smallest absolute Gasteiger partial charge is 0.234 e. The van der Waals surface area contributed by atoms with Gasteiger partial charge in [-0.15, -0.1) is 0 Å². The molecule has 1 unspecified atom stereocenters. The van der Waals surface area contributed by atoms with Crippen LogP contribution in [0, 0.1) is 0 Å². The molecule has 5 aromatic heterocycles. The molecule has 0 saturated carbocycles. The summed E-state index contributed by atoms with van der Waals surface area (Å²) in [6.45, 7) is 0. The third kappa shape index (κ3) is 5.62. The van der Waals surface area contributed by atoms with Crippen LogP contribution in [-0.4, -0.2) is 30.9 Å². The molecular weight excluding hydrogens is 775 g/mol. The van der Waals surface area contributed by atoms with E-state index in [-0.39, 0.29) is 6.17 Å². The van der Waals surface area contributed by atoms with Gasteiger partial charge >= 0.3 is 0 Å². The first-order valence-electron chi connectivity index (χ1n) is 21.1. The third-order valence-electron chi connectivity index (χ3n) is 12.3. The molecule has 1 aliphatic rings. The standard InChI is InChI=1S/C55H35N7O/c1-4-12-34(13-5-1)53-58-54(35-14-6-2-7-15-35)60-55(59-53)62-45-24-21-36(30-41(45)44-33-56-29-27-47(44)62)37-23-26-49-43(31-37)51-40(18-10-20-50(51)63-49)38-22-25-46-42(32-38)52-48(19-11-28-57-52)61(46)39-16-8-3-9-17-39/h1-33,53H,(H,58,59,60). The molecule has 8 nitrogen and oxygen atoms in total. The number of benzene rings is 7. The number of nitrogens with one attached hydrogen (secondary N) is 1. The number of nitrogens with zero attached hydrogens (tertiary/aromatic N) is 6. The summed E-state index contributed by atoms with van der Waals surface area (Å²) in [4.78, 5) is 19.9. The number of para-hydroxylation sites is 1. The van der Waals surface area contributed by atoms with E-state index in [9.17, 15) is 0 Å². The maximum atomic E-state index is 6.55. The SMILES string of the molecule is c1ccc(C2=NC(n3c4ccncc4c4cc(-c5ccc6oc7cccc(-c8ccc9c(c8)c8ncccc8n9-c8ccccc8)c7c6c5)ccc43)=NC(c3ccccc3)N2)cc1. The van der Waals surface area contributed by atoms with E-state index < -0.39 is 0 Å². The molecule has 13 rings (SSSR count). The molecule has 6 heterocycles. The minimum atomic E-state index is -0.322. The van der Waals surface area contributed by atoms with Crippen LogP contribution in [0.1, 0.15) is 17.3 Å². The van der Waals surface area contributed by atoms with Crippen LogP contribution in [0.25, 0.3) is 93.6 Å². The Morgan fingerprint density at radius 2 is 1.21 bits per heavy atom. The highest BCUT2D eigenvalue weighted by Gasteiger charge is 2.24. The molecule has 1 aliphatic heterocycles. The predicted molar refractivity (Wildman–Crippen MR) is 256 cm³/mol. The predicted octanol–water partition coefficient (Wildman–Crippen LogP) is 12.9. The van der Waals surface area contributed by atoms with E-state index in [0.29, 0.717) is 5.96 Å². The highest BCUT2D eigenvalue weighted by atomic mass is 16.3. The van der Waals surface area contributed by atoms with Gasteiger partial charge in [0.15, 0.2) is 0 Å². The Balaban J connectivity index is 0.951. The molecule has 63 heavy (non-hydrogen) atoms. The number of aromatic nitrogens is 4. The Morgan fingerprint density at radius 3 is 2.05 bits per heavy atom. The highest BCUT2D eigenvalue weighted by Crippen LogP contribution is 2.42. The zero-order chi connectivity index (χ0) is 41.4. The van der Waals surface area contributed by atoms with E-state index in [1.165, 1.54) is 0 Å². The van der Waals surface area contributed by atoms with Crippen molar-refractivity contribution < 1.29 is 4.42 Å². The van der Waals surface area contributed by atoms with Gasteiger partial charge in [-0.2, -0.15) is 4.99 Å². The summed E-state index contributed by atoms with van der Waals surface area (Å²) >= 11 is 0. The number of furan rings is 1. The molecule has 0 aliphatic carbocycles. The fraction of sp³-hybridized carbons (Fsp3) is 0.0182. The van der Waals surface area contributed by atoms with Gasteiger partial charge in [0.05, 0.1) is 27.6 Å². The molecule has 1 N–H and O–H groups in total. The number of aliphatic imine (C=N–C) groups is 2. The average molecular weight is 810 g/mol. The summed E-state index contributed by atoms with van der Waals surface area (Å²) < 4.78 is 11.0. The van der Waals surface area contributed by atoms with Crippen LogP contribution in [0.5, 0.6) is 0 Å². The maximum Gasteiger partial charge on any atom is 0.234 e. The quantitative estimate of drug-likeness (QED) is 0.188. The average Bonchev–Trinajstić information content (AvgIpc) is 4.02. The Kier molecular flexibility index (Phi) is 7.80. The van der Waals surface area contributed by atoms with Gasteiger partial charge in [-0.3, -0.25) is 14.5 Å². The van der Waals surface area contributed by atoms with Gasteiger partial charge in [0.2, 0.25) is 5.96 Å². The fourth-order valence-corrected chi connectivity index (χ4v) is 9.45. The van der Waals surface area contributed by atoms with Crippen LogP contribution in [0.3, 0.4) is 0 Å². The van der Waals surface area contributed by atoms with Crippen LogP contribution in [0.2, 0.25) is 0 Å². The summed E-state index contributed by atoms with van der Waals surface area (Å²) in [5.74, 6) is 1.38. The number of pyridine rings is 2. The molecule has 0 fully saturated rings. The first-order valence-corrected chi connectivity index (χ1v) is 21.1. The molecule has 0 amide bonds. The minimum absolute atomic E-state index is 0.322. The third-order valence-corrected chi connectivity index (χ3v) is 12.3. The van der Waals surface area contributed by atoms with Crippen molar-refractivity contribution in [3.8, 4) is 27.9 Å². The van der Waals surface area contributed by atoms with Crippen LogP contribution < -0.4 is 5.32 Å². The van der Waals surface area contributed by atoms with E-state index in [4.69, 9.17) is 19.4 Å². The number of rotatable bonds is 5. The second-order valence-corrected chi connectivity index (χ2v) is 15.9. The molecule has 8 heteroatoms.